The topological polar surface area (TPSA) is 40.6 Å². The van der Waals surface area contributed by atoms with Crippen LogP contribution in [0.1, 0.15) is 30.0 Å². The molecule has 0 radical (unpaired) electrons. The van der Waals surface area contributed by atoms with Gasteiger partial charge >= 0.3 is 0 Å². The van der Waals surface area contributed by atoms with Crippen molar-refractivity contribution in [3.8, 4) is 0 Å². The van der Waals surface area contributed by atoms with Gasteiger partial charge in [-0.15, -0.1) is 0 Å². The molecule has 0 atom stereocenters. The molecule has 0 aliphatic carbocycles. The molecule has 6 heteroatoms. The molecular weight excluding hydrogens is 388 g/mol. The molecule has 4 rings (SSSR count). The highest BCUT2D eigenvalue weighted by Gasteiger charge is 2.41. The van der Waals surface area contributed by atoms with E-state index in [2.05, 4.69) is 0 Å². The van der Waals surface area contributed by atoms with E-state index in [-0.39, 0.29) is 11.8 Å². The van der Waals surface area contributed by atoms with Crippen molar-refractivity contribution in [2.45, 2.75) is 26.8 Å². The second-order valence-corrected chi connectivity index (χ2v) is 8.57. The lowest BCUT2D eigenvalue weighted by molar-refractivity contribution is -0.122. The number of anilines is 1. The monoisotopic (exact) mass is 408 g/mol. The molecule has 2 aliphatic heterocycles. The minimum atomic E-state index is -0.160. The Morgan fingerprint density at radius 1 is 0.964 bits per heavy atom. The number of amides is 2. The summed E-state index contributed by atoms with van der Waals surface area (Å²) in [5.41, 5.74) is 4.34. The highest BCUT2D eigenvalue weighted by atomic mass is 32.2. The molecular formula is C22H20N2O2S2. The van der Waals surface area contributed by atoms with Crippen molar-refractivity contribution in [1.29, 1.82) is 0 Å². The first-order valence-electron chi connectivity index (χ1n) is 9.26. The molecule has 0 unspecified atom stereocenters. The summed E-state index contributed by atoms with van der Waals surface area (Å²) in [6.07, 6.45) is 0.819. The quantitative estimate of drug-likeness (QED) is 0.551. The second-order valence-electron chi connectivity index (χ2n) is 6.92. The minimum absolute atomic E-state index is 0.140. The van der Waals surface area contributed by atoms with Gasteiger partial charge in [-0.3, -0.25) is 14.5 Å². The van der Waals surface area contributed by atoms with Crippen molar-refractivity contribution in [2.75, 3.05) is 11.4 Å². The van der Waals surface area contributed by atoms with Gasteiger partial charge in [0.15, 0.2) is 0 Å². The molecule has 142 valence electrons. The van der Waals surface area contributed by atoms with Gasteiger partial charge in [-0.1, -0.05) is 78.9 Å². The van der Waals surface area contributed by atoms with Crippen LogP contribution < -0.4 is 4.90 Å². The fourth-order valence-electron chi connectivity index (χ4n) is 3.50. The maximum atomic E-state index is 13.4. The summed E-state index contributed by atoms with van der Waals surface area (Å²) in [4.78, 5) is 30.1. The van der Waals surface area contributed by atoms with Crippen LogP contribution in [0.15, 0.2) is 53.4 Å². The second kappa shape index (κ2) is 7.53. The van der Waals surface area contributed by atoms with Gasteiger partial charge in [0.1, 0.15) is 4.32 Å². The summed E-state index contributed by atoms with van der Waals surface area (Å²) < 4.78 is 0.525. The number of para-hydroxylation sites is 1. The molecule has 2 aromatic rings. The van der Waals surface area contributed by atoms with E-state index in [1.54, 1.807) is 9.80 Å². The largest absolute Gasteiger partial charge is 0.303 e. The highest BCUT2D eigenvalue weighted by Crippen LogP contribution is 2.44. The Morgan fingerprint density at radius 3 is 2.39 bits per heavy atom. The molecule has 0 spiro atoms. The zero-order valence-electron chi connectivity index (χ0n) is 15.8. The van der Waals surface area contributed by atoms with E-state index < -0.39 is 0 Å². The number of thioether (sulfide) groups is 1. The van der Waals surface area contributed by atoms with Gasteiger partial charge < -0.3 is 4.90 Å². The number of nitrogens with zero attached hydrogens (tertiary/aromatic N) is 2. The number of fused-ring (bicyclic) bond motifs is 1. The molecule has 2 amide bonds. The van der Waals surface area contributed by atoms with Crippen LogP contribution in [-0.4, -0.2) is 27.6 Å². The van der Waals surface area contributed by atoms with E-state index in [0.29, 0.717) is 27.9 Å². The normalized spacial score (nSPS) is 19.0. The first-order valence-corrected chi connectivity index (χ1v) is 10.5. The maximum Gasteiger partial charge on any atom is 0.267 e. The Kier molecular flexibility index (Phi) is 5.08. The average Bonchev–Trinajstić information content (AvgIpc) is 3.12. The van der Waals surface area contributed by atoms with Gasteiger partial charge in [0.25, 0.3) is 11.8 Å². The van der Waals surface area contributed by atoms with E-state index in [1.807, 2.05) is 62.4 Å². The molecule has 2 heterocycles. The summed E-state index contributed by atoms with van der Waals surface area (Å²) in [6, 6.07) is 15.8. The number of rotatable bonds is 4. The van der Waals surface area contributed by atoms with Crippen molar-refractivity contribution >= 4 is 51.4 Å². The summed E-state index contributed by atoms with van der Waals surface area (Å²) >= 11 is 6.62. The zero-order valence-corrected chi connectivity index (χ0v) is 17.4. The first-order chi connectivity index (χ1) is 13.5. The predicted molar refractivity (Wildman–Crippen MR) is 118 cm³/mol. The van der Waals surface area contributed by atoms with Gasteiger partial charge in [-0.25, -0.2) is 0 Å². The van der Waals surface area contributed by atoms with E-state index >= 15 is 0 Å². The van der Waals surface area contributed by atoms with Crippen molar-refractivity contribution in [3.63, 3.8) is 0 Å². The Labute approximate surface area is 174 Å². The van der Waals surface area contributed by atoms with E-state index in [4.69, 9.17) is 12.2 Å². The molecule has 0 bridgehead atoms. The lowest BCUT2D eigenvalue weighted by Gasteiger charge is -2.17. The van der Waals surface area contributed by atoms with Gasteiger partial charge in [-0.2, -0.15) is 0 Å². The molecule has 1 saturated heterocycles. The standard InChI is InChI=1S/C22H20N2O2S2/c1-3-12-23-21(26)19(28-22(23)27)18-16-6-4-5-7-17(16)24(20(18)25)13-15-10-8-14(2)9-11-15/h4-11H,3,12-13H2,1-2H3. The van der Waals surface area contributed by atoms with E-state index in [0.717, 1.165) is 23.2 Å². The molecule has 2 aliphatic rings. The maximum absolute atomic E-state index is 13.4. The van der Waals surface area contributed by atoms with Gasteiger partial charge in [0.05, 0.1) is 22.7 Å². The van der Waals surface area contributed by atoms with Gasteiger partial charge in [0, 0.05) is 12.1 Å². The molecule has 4 nitrogen and oxygen atoms in total. The van der Waals surface area contributed by atoms with Crippen molar-refractivity contribution in [1.82, 2.24) is 4.90 Å². The number of thiocarbonyl (C=S) groups is 1. The average molecular weight is 409 g/mol. The number of aryl methyl sites for hydroxylation is 1. The van der Waals surface area contributed by atoms with Crippen molar-refractivity contribution in [2.24, 2.45) is 0 Å². The SMILES string of the molecule is CCCN1C(=O)C(=C2C(=O)N(Cc3ccc(C)cc3)c3ccccc32)SC1=S. The molecule has 28 heavy (non-hydrogen) atoms. The third-order valence-corrected chi connectivity index (χ3v) is 6.36. The first kappa shape index (κ1) is 18.9. The molecule has 0 N–H and O–H groups in total. The lowest BCUT2D eigenvalue weighted by atomic mass is 10.1. The van der Waals surface area contributed by atoms with Crippen LogP contribution in [0.5, 0.6) is 0 Å². The smallest absolute Gasteiger partial charge is 0.267 e. The number of carbonyl (C=O) groups is 2. The Balaban J connectivity index is 1.76. The van der Waals surface area contributed by atoms with Gasteiger partial charge in [0.2, 0.25) is 0 Å². The van der Waals surface area contributed by atoms with Crippen LogP contribution in [0.3, 0.4) is 0 Å². The van der Waals surface area contributed by atoms with Crippen LogP contribution in [0.25, 0.3) is 5.57 Å². The number of carbonyl (C=O) groups excluding carboxylic acids is 2. The van der Waals surface area contributed by atoms with E-state index in [9.17, 15) is 9.59 Å². The molecule has 1 fully saturated rings. The Morgan fingerprint density at radius 2 is 1.68 bits per heavy atom. The molecule has 2 aromatic carbocycles. The van der Waals surface area contributed by atoms with Crippen LogP contribution in [-0.2, 0) is 16.1 Å². The number of hydrogen-bond acceptors (Lipinski definition) is 4. The highest BCUT2D eigenvalue weighted by molar-refractivity contribution is 8.26. The van der Waals surface area contributed by atoms with Crippen LogP contribution in [0, 0.1) is 6.92 Å². The van der Waals surface area contributed by atoms with Crippen LogP contribution in [0.2, 0.25) is 0 Å². The van der Waals surface area contributed by atoms with Crippen LogP contribution in [0.4, 0.5) is 5.69 Å². The number of hydrogen-bond donors (Lipinski definition) is 0. The Bertz CT molecular complexity index is 1010. The van der Waals surface area contributed by atoms with Gasteiger partial charge in [-0.05, 0) is 25.0 Å². The molecule has 0 aromatic heterocycles. The van der Waals surface area contributed by atoms with Crippen molar-refractivity contribution < 1.29 is 9.59 Å². The fourth-order valence-corrected chi connectivity index (χ4v) is 4.88. The summed E-state index contributed by atoms with van der Waals surface area (Å²) in [6.45, 7) is 5.08. The van der Waals surface area contributed by atoms with Crippen molar-refractivity contribution in [3.05, 3.63) is 70.1 Å². The predicted octanol–water partition coefficient (Wildman–Crippen LogP) is 4.52. The molecule has 0 saturated carbocycles. The van der Waals surface area contributed by atoms with Crippen LogP contribution >= 0.6 is 24.0 Å². The lowest BCUT2D eigenvalue weighted by Crippen LogP contribution is -2.29. The number of benzene rings is 2. The fraction of sp³-hybridized carbons (Fsp3) is 0.227. The third-order valence-electron chi connectivity index (χ3n) is 4.91. The Hall–Kier alpha value is -2.44. The third kappa shape index (κ3) is 3.16. The minimum Gasteiger partial charge on any atom is -0.303 e. The summed E-state index contributed by atoms with van der Waals surface area (Å²) in [5.74, 6) is -0.300. The van der Waals surface area contributed by atoms with E-state index in [1.165, 1.54) is 17.3 Å². The summed E-state index contributed by atoms with van der Waals surface area (Å²) in [5, 5.41) is 0. The zero-order chi connectivity index (χ0) is 19.8. The summed E-state index contributed by atoms with van der Waals surface area (Å²) in [7, 11) is 0.